The molecular formula is C12H15F2NO4. The molecule has 0 saturated heterocycles. The molecule has 0 fully saturated rings. The van der Waals surface area contributed by atoms with Gasteiger partial charge in [0, 0.05) is 12.1 Å². The monoisotopic (exact) mass is 275 g/mol. The van der Waals surface area contributed by atoms with E-state index in [1.165, 1.54) is 12.1 Å². The Morgan fingerprint density at radius 3 is 2.68 bits per heavy atom. The zero-order valence-electron chi connectivity index (χ0n) is 10.3. The Morgan fingerprint density at radius 2 is 2.11 bits per heavy atom. The number of rotatable bonds is 6. The molecule has 0 amide bonds. The fraction of sp³-hybridized carbons (Fsp3) is 0.417. The molecule has 106 valence electrons. The van der Waals surface area contributed by atoms with E-state index >= 15 is 0 Å². The minimum Gasteiger partial charge on any atom is -0.469 e. The summed E-state index contributed by atoms with van der Waals surface area (Å²) in [6, 6.07) is 2.50. The number of anilines is 1. The molecule has 0 bridgehead atoms. The zero-order valence-corrected chi connectivity index (χ0v) is 10.3. The highest BCUT2D eigenvalue weighted by atomic mass is 19.2. The lowest BCUT2D eigenvalue weighted by molar-refractivity contribution is -0.139. The summed E-state index contributed by atoms with van der Waals surface area (Å²) in [5.74, 6) is -2.96. The van der Waals surface area contributed by atoms with Crippen LogP contribution in [-0.2, 0) is 16.0 Å². The van der Waals surface area contributed by atoms with Crippen LogP contribution in [0.4, 0.5) is 14.5 Å². The summed E-state index contributed by atoms with van der Waals surface area (Å²) >= 11 is 0. The summed E-state index contributed by atoms with van der Waals surface area (Å²) in [7, 11) is 1.16. The van der Waals surface area contributed by atoms with Crippen LogP contribution in [0.3, 0.4) is 0 Å². The average Bonchev–Trinajstić information content (AvgIpc) is 2.42. The predicted molar refractivity (Wildman–Crippen MR) is 63.7 cm³/mol. The number of hydrogen-bond acceptors (Lipinski definition) is 5. The van der Waals surface area contributed by atoms with Crippen LogP contribution >= 0.6 is 0 Å². The second kappa shape index (κ2) is 7.01. The third-order valence-electron chi connectivity index (χ3n) is 2.46. The number of ether oxygens (including phenoxy) is 1. The van der Waals surface area contributed by atoms with E-state index in [0.717, 1.165) is 7.11 Å². The lowest BCUT2D eigenvalue weighted by Crippen LogP contribution is -2.23. The van der Waals surface area contributed by atoms with Crippen LogP contribution in [0.2, 0.25) is 0 Å². The number of halogens is 2. The minimum atomic E-state index is -1.15. The van der Waals surface area contributed by atoms with Crippen molar-refractivity contribution >= 4 is 11.7 Å². The van der Waals surface area contributed by atoms with Gasteiger partial charge in [0.05, 0.1) is 31.9 Å². The molecule has 19 heavy (non-hydrogen) atoms. The molecule has 0 radical (unpaired) electrons. The maximum atomic E-state index is 13.6. The van der Waals surface area contributed by atoms with Crippen molar-refractivity contribution in [2.24, 2.45) is 0 Å². The summed E-state index contributed by atoms with van der Waals surface area (Å²) in [5.41, 5.74) is -0.267. The summed E-state index contributed by atoms with van der Waals surface area (Å²) in [6.07, 6.45) is -1.43. The maximum absolute atomic E-state index is 13.6. The van der Waals surface area contributed by atoms with Gasteiger partial charge in [-0.25, -0.2) is 8.78 Å². The van der Waals surface area contributed by atoms with Gasteiger partial charge in [-0.3, -0.25) is 4.79 Å². The molecule has 7 heteroatoms. The van der Waals surface area contributed by atoms with Crippen molar-refractivity contribution in [2.45, 2.75) is 12.5 Å². The van der Waals surface area contributed by atoms with Crippen molar-refractivity contribution in [3.05, 3.63) is 29.3 Å². The molecule has 1 atom stereocenters. The number of esters is 1. The van der Waals surface area contributed by atoms with Crippen molar-refractivity contribution in [1.29, 1.82) is 0 Å². The largest absolute Gasteiger partial charge is 0.469 e. The third kappa shape index (κ3) is 4.15. The van der Waals surface area contributed by atoms with Gasteiger partial charge >= 0.3 is 5.97 Å². The van der Waals surface area contributed by atoms with Gasteiger partial charge in [-0.2, -0.15) is 0 Å². The van der Waals surface area contributed by atoms with E-state index in [1.54, 1.807) is 0 Å². The standard InChI is InChI=1S/C12H15F2NO4/c1-19-10(18)4-7-2-3-9(12(14)11(7)13)15-5-8(17)6-16/h2-3,8,15-17H,4-6H2,1H3. The van der Waals surface area contributed by atoms with E-state index in [9.17, 15) is 13.6 Å². The van der Waals surface area contributed by atoms with Crippen molar-refractivity contribution in [1.82, 2.24) is 0 Å². The minimum absolute atomic E-state index is 0.113. The normalized spacial score (nSPS) is 12.1. The first-order valence-electron chi connectivity index (χ1n) is 5.56. The van der Waals surface area contributed by atoms with Gasteiger partial charge in [0.1, 0.15) is 0 Å². The number of nitrogens with one attached hydrogen (secondary N) is 1. The van der Waals surface area contributed by atoms with E-state index in [0.29, 0.717) is 0 Å². The molecular weight excluding hydrogens is 260 g/mol. The number of carbonyl (C=O) groups excluding carboxylic acids is 1. The van der Waals surface area contributed by atoms with Crippen molar-refractivity contribution in [3.8, 4) is 0 Å². The van der Waals surface area contributed by atoms with E-state index in [-0.39, 0.29) is 24.2 Å². The maximum Gasteiger partial charge on any atom is 0.310 e. The van der Waals surface area contributed by atoms with Gasteiger partial charge in [0.15, 0.2) is 11.6 Å². The van der Waals surface area contributed by atoms with Gasteiger partial charge in [-0.15, -0.1) is 0 Å². The quantitative estimate of drug-likeness (QED) is 0.657. The first-order chi connectivity index (χ1) is 8.99. The molecule has 0 saturated carbocycles. The van der Waals surface area contributed by atoms with E-state index in [2.05, 4.69) is 10.1 Å². The highest BCUT2D eigenvalue weighted by Crippen LogP contribution is 2.21. The molecule has 0 aliphatic carbocycles. The number of aliphatic hydroxyl groups is 2. The highest BCUT2D eigenvalue weighted by Gasteiger charge is 2.16. The third-order valence-corrected chi connectivity index (χ3v) is 2.46. The smallest absolute Gasteiger partial charge is 0.310 e. The molecule has 1 unspecified atom stereocenters. The second-order valence-corrected chi connectivity index (χ2v) is 3.87. The number of benzene rings is 1. The number of aliphatic hydroxyl groups excluding tert-OH is 2. The fourth-order valence-electron chi connectivity index (χ4n) is 1.38. The summed E-state index contributed by atoms with van der Waals surface area (Å²) in [6.45, 7) is -0.610. The van der Waals surface area contributed by atoms with Gasteiger partial charge in [0.2, 0.25) is 0 Å². The average molecular weight is 275 g/mol. The molecule has 0 aromatic heterocycles. The number of carbonyl (C=O) groups is 1. The van der Waals surface area contributed by atoms with Crippen molar-refractivity contribution in [2.75, 3.05) is 25.6 Å². The second-order valence-electron chi connectivity index (χ2n) is 3.87. The molecule has 1 aromatic carbocycles. The Kier molecular flexibility index (Phi) is 5.65. The molecule has 3 N–H and O–H groups in total. The first kappa shape index (κ1) is 15.3. The van der Waals surface area contributed by atoms with E-state index in [1.807, 2.05) is 0 Å². The molecule has 0 spiro atoms. The van der Waals surface area contributed by atoms with Gasteiger partial charge in [-0.1, -0.05) is 6.07 Å². The number of methoxy groups -OCH3 is 1. The van der Waals surface area contributed by atoms with Gasteiger partial charge in [0.25, 0.3) is 0 Å². The van der Waals surface area contributed by atoms with E-state index in [4.69, 9.17) is 10.2 Å². The van der Waals surface area contributed by atoms with Gasteiger partial charge in [-0.05, 0) is 6.07 Å². The van der Waals surface area contributed by atoms with Crippen LogP contribution in [-0.4, -0.2) is 42.5 Å². The molecule has 1 rings (SSSR count). The molecule has 0 aliphatic rings. The Morgan fingerprint density at radius 1 is 1.42 bits per heavy atom. The number of hydrogen-bond donors (Lipinski definition) is 3. The fourth-order valence-corrected chi connectivity index (χ4v) is 1.38. The Balaban J connectivity index is 2.82. The molecule has 0 aliphatic heterocycles. The Bertz CT molecular complexity index is 454. The zero-order chi connectivity index (χ0) is 14.4. The summed E-state index contributed by atoms with van der Waals surface area (Å²) < 4.78 is 31.6. The Labute approximate surface area is 108 Å². The van der Waals surface area contributed by atoms with Crippen LogP contribution in [0.5, 0.6) is 0 Å². The van der Waals surface area contributed by atoms with Crippen LogP contribution < -0.4 is 5.32 Å². The predicted octanol–water partition coefficient (Wildman–Crippen LogP) is 0.445. The SMILES string of the molecule is COC(=O)Cc1ccc(NCC(O)CO)c(F)c1F. The summed E-state index contributed by atoms with van der Waals surface area (Å²) in [4.78, 5) is 11.0. The van der Waals surface area contributed by atoms with Crippen molar-refractivity contribution < 1.29 is 28.5 Å². The van der Waals surface area contributed by atoms with Crippen LogP contribution in [0.1, 0.15) is 5.56 Å². The molecule has 0 heterocycles. The van der Waals surface area contributed by atoms with Gasteiger partial charge < -0.3 is 20.3 Å². The first-order valence-corrected chi connectivity index (χ1v) is 5.56. The van der Waals surface area contributed by atoms with Crippen LogP contribution in [0.25, 0.3) is 0 Å². The summed E-state index contributed by atoms with van der Waals surface area (Å²) in [5, 5.41) is 20.2. The molecule has 1 aromatic rings. The van der Waals surface area contributed by atoms with Crippen LogP contribution in [0.15, 0.2) is 12.1 Å². The molecule has 5 nitrogen and oxygen atoms in total. The van der Waals surface area contributed by atoms with E-state index < -0.39 is 30.3 Å². The Hall–Kier alpha value is -1.73. The topological polar surface area (TPSA) is 78.8 Å². The van der Waals surface area contributed by atoms with Crippen molar-refractivity contribution in [3.63, 3.8) is 0 Å². The lowest BCUT2D eigenvalue weighted by atomic mass is 10.1. The van der Waals surface area contributed by atoms with Crippen LogP contribution in [0, 0.1) is 11.6 Å². The highest BCUT2D eigenvalue weighted by molar-refractivity contribution is 5.72. The lowest BCUT2D eigenvalue weighted by Gasteiger charge is -2.12.